The minimum absolute atomic E-state index is 0.148. The van der Waals surface area contributed by atoms with Crippen molar-refractivity contribution in [2.24, 2.45) is 5.73 Å². The maximum Gasteiger partial charge on any atom is 0.320 e. The number of aliphatic hydroxyl groups excluding tert-OH is 4. The lowest BCUT2D eigenvalue weighted by molar-refractivity contribution is -0.145. The van der Waals surface area contributed by atoms with Crippen molar-refractivity contribution in [3.63, 3.8) is 0 Å². The SMILES string of the molecule is N=C(N)NCCC[C@@H](C(=O)O)N(CC(O)CO)CC(O)CO. The molecule has 0 aromatic rings. The molecule has 0 fully saturated rings. The van der Waals surface area contributed by atoms with Crippen LogP contribution in [0, 0.1) is 5.41 Å². The Morgan fingerprint density at radius 1 is 1.18 bits per heavy atom. The van der Waals surface area contributed by atoms with Crippen LogP contribution in [0.25, 0.3) is 0 Å². The summed E-state index contributed by atoms with van der Waals surface area (Å²) in [6.07, 6.45) is -1.71. The van der Waals surface area contributed by atoms with E-state index in [4.69, 9.17) is 21.4 Å². The van der Waals surface area contributed by atoms with Gasteiger partial charge < -0.3 is 36.6 Å². The Kier molecular flexibility index (Phi) is 10.4. The maximum atomic E-state index is 11.4. The molecule has 0 aromatic heterocycles. The van der Waals surface area contributed by atoms with Gasteiger partial charge in [-0.1, -0.05) is 0 Å². The van der Waals surface area contributed by atoms with Crippen LogP contribution in [-0.2, 0) is 4.79 Å². The summed E-state index contributed by atoms with van der Waals surface area (Å²) < 4.78 is 0. The van der Waals surface area contributed by atoms with Gasteiger partial charge in [-0.2, -0.15) is 0 Å². The Bertz CT molecular complexity index is 332. The predicted octanol–water partition coefficient (Wildman–Crippen LogP) is -3.29. The number of hydrogen-bond acceptors (Lipinski definition) is 7. The lowest BCUT2D eigenvalue weighted by Gasteiger charge is -2.31. The Morgan fingerprint density at radius 3 is 2.05 bits per heavy atom. The molecule has 0 spiro atoms. The van der Waals surface area contributed by atoms with Gasteiger partial charge in [-0.15, -0.1) is 0 Å². The first kappa shape index (κ1) is 20.5. The van der Waals surface area contributed by atoms with Gasteiger partial charge in [-0.05, 0) is 12.8 Å². The highest BCUT2D eigenvalue weighted by molar-refractivity contribution is 5.74. The summed E-state index contributed by atoms with van der Waals surface area (Å²) in [6, 6.07) is -1.00. The van der Waals surface area contributed by atoms with Gasteiger partial charge in [0.15, 0.2) is 5.96 Å². The monoisotopic (exact) mass is 322 g/mol. The van der Waals surface area contributed by atoms with E-state index in [1.165, 1.54) is 4.90 Å². The third-order valence-electron chi connectivity index (χ3n) is 3.01. The topological polar surface area (TPSA) is 183 Å². The average molecular weight is 322 g/mol. The molecule has 3 atom stereocenters. The smallest absolute Gasteiger partial charge is 0.320 e. The minimum Gasteiger partial charge on any atom is -0.480 e. The third-order valence-corrected chi connectivity index (χ3v) is 3.01. The molecule has 9 N–H and O–H groups in total. The molecule has 0 radical (unpaired) electrons. The van der Waals surface area contributed by atoms with Crippen LogP contribution in [0.15, 0.2) is 0 Å². The van der Waals surface area contributed by atoms with E-state index in [1.54, 1.807) is 0 Å². The number of aliphatic carboxylic acids is 1. The van der Waals surface area contributed by atoms with Gasteiger partial charge in [0, 0.05) is 19.6 Å². The molecule has 0 aromatic carbocycles. The molecule has 0 aliphatic heterocycles. The summed E-state index contributed by atoms with van der Waals surface area (Å²) >= 11 is 0. The molecule has 10 heteroatoms. The first-order chi connectivity index (χ1) is 10.3. The van der Waals surface area contributed by atoms with E-state index < -0.39 is 37.4 Å². The number of carboxylic acids is 1. The first-order valence-electron chi connectivity index (χ1n) is 6.94. The van der Waals surface area contributed by atoms with Gasteiger partial charge in [0.05, 0.1) is 25.4 Å². The zero-order valence-corrected chi connectivity index (χ0v) is 12.4. The Balaban J connectivity index is 4.73. The first-order valence-corrected chi connectivity index (χ1v) is 6.94. The molecule has 2 unspecified atom stereocenters. The zero-order valence-electron chi connectivity index (χ0n) is 12.4. The molecule has 10 nitrogen and oxygen atoms in total. The summed E-state index contributed by atoms with van der Waals surface area (Å²) in [5, 5.41) is 55.6. The molecule has 0 saturated carbocycles. The van der Waals surface area contributed by atoms with Gasteiger partial charge in [-0.3, -0.25) is 15.1 Å². The summed E-state index contributed by atoms with van der Waals surface area (Å²) in [7, 11) is 0. The summed E-state index contributed by atoms with van der Waals surface area (Å²) in [4.78, 5) is 12.7. The largest absolute Gasteiger partial charge is 0.480 e. The van der Waals surface area contributed by atoms with Crippen molar-refractivity contribution in [3.05, 3.63) is 0 Å². The fourth-order valence-electron chi connectivity index (χ4n) is 1.97. The Labute approximate surface area is 128 Å². The van der Waals surface area contributed by atoms with Gasteiger partial charge in [-0.25, -0.2) is 0 Å². The van der Waals surface area contributed by atoms with Crippen LogP contribution in [0.3, 0.4) is 0 Å². The van der Waals surface area contributed by atoms with E-state index in [0.29, 0.717) is 13.0 Å². The van der Waals surface area contributed by atoms with E-state index in [9.17, 15) is 20.1 Å². The normalized spacial score (nSPS) is 15.3. The molecule has 0 amide bonds. The fraction of sp³-hybridized carbons (Fsp3) is 0.833. The third kappa shape index (κ3) is 8.74. The zero-order chi connectivity index (χ0) is 17.1. The van der Waals surface area contributed by atoms with Gasteiger partial charge in [0.1, 0.15) is 6.04 Å². The second-order valence-corrected chi connectivity index (χ2v) is 4.96. The van der Waals surface area contributed by atoms with Gasteiger partial charge in [0.25, 0.3) is 0 Å². The quantitative estimate of drug-likeness (QED) is 0.104. The van der Waals surface area contributed by atoms with Gasteiger partial charge >= 0.3 is 5.97 Å². The van der Waals surface area contributed by atoms with E-state index in [1.807, 2.05) is 0 Å². The Morgan fingerprint density at radius 2 is 1.68 bits per heavy atom. The highest BCUT2D eigenvalue weighted by Crippen LogP contribution is 2.10. The lowest BCUT2D eigenvalue weighted by Crippen LogP contribution is -2.49. The summed E-state index contributed by atoms with van der Waals surface area (Å²) in [5.41, 5.74) is 5.12. The lowest BCUT2D eigenvalue weighted by atomic mass is 10.1. The molecule has 0 aliphatic rings. The fourth-order valence-corrected chi connectivity index (χ4v) is 1.97. The van der Waals surface area contributed by atoms with Crippen LogP contribution in [0.4, 0.5) is 0 Å². The molecule has 0 rings (SSSR count). The molecule has 0 aliphatic carbocycles. The number of carboxylic acid groups (broad SMARTS) is 1. The van der Waals surface area contributed by atoms with Crippen molar-refractivity contribution in [3.8, 4) is 0 Å². The molecule has 130 valence electrons. The molecule has 0 heterocycles. The van der Waals surface area contributed by atoms with Crippen molar-refractivity contribution in [2.75, 3.05) is 32.8 Å². The van der Waals surface area contributed by atoms with Crippen molar-refractivity contribution < 1.29 is 30.3 Å². The number of guanidine groups is 1. The molecular weight excluding hydrogens is 296 g/mol. The maximum absolute atomic E-state index is 11.4. The van der Waals surface area contributed by atoms with E-state index >= 15 is 0 Å². The molecule has 0 bridgehead atoms. The second-order valence-electron chi connectivity index (χ2n) is 4.96. The highest BCUT2D eigenvalue weighted by atomic mass is 16.4. The van der Waals surface area contributed by atoms with Crippen molar-refractivity contribution in [1.82, 2.24) is 10.2 Å². The molecule has 22 heavy (non-hydrogen) atoms. The minimum atomic E-state index is -1.15. The van der Waals surface area contributed by atoms with Gasteiger partial charge in [0.2, 0.25) is 0 Å². The van der Waals surface area contributed by atoms with E-state index in [0.717, 1.165) is 0 Å². The standard InChI is InChI=1S/C12H26N4O6/c13-12(14)15-3-1-2-10(11(21)22)16(4-8(19)6-17)5-9(20)7-18/h8-10,17-20H,1-7H2,(H,21,22)(H4,13,14,15)/t8?,9?,10-/m0/s1. The van der Waals surface area contributed by atoms with Crippen molar-refractivity contribution in [1.29, 1.82) is 5.41 Å². The number of hydrogen-bond donors (Lipinski definition) is 8. The van der Waals surface area contributed by atoms with Crippen LogP contribution in [0.1, 0.15) is 12.8 Å². The van der Waals surface area contributed by atoms with Crippen molar-refractivity contribution in [2.45, 2.75) is 31.1 Å². The van der Waals surface area contributed by atoms with Crippen LogP contribution in [0.5, 0.6) is 0 Å². The van der Waals surface area contributed by atoms with Crippen LogP contribution >= 0.6 is 0 Å². The number of rotatable bonds is 12. The van der Waals surface area contributed by atoms with Crippen LogP contribution in [0.2, 0.25) is 0 Å². The number of carbonyl (C=O) groups is 1. The number of nitrogens with zero attached hydrogens (tertiary/aromatic N) is 1. The highest BCUT2D eigenvalue weighted by Gasteiger charge is 2.28. The Hall–Kier alpha value is -1.46. The number of nitrogens with two attached hydrogens (primary N) is 1. The number of nitrogens with one attached hydrogen (secondary N) is 2. The average Bonchev–Trinajstić information content (AvgIpc) is 2.45. The predicted molar refractivity (Wildman–Crippen MR) is 78.3 cm³/mol. The van der Waals surface area contributed by atoms with Crippen LogP contribution < -0.4 is 11.1 Å². The summed E-state index contributed by atoms with van der Waals surface area (Å²) in [6.45, 7) is -1.05. The van der Waals surface area contributed by atoms with Crippen molar-refractivity contribution >= 4 is 11.9 Å². The van der Waals surface area contributed by atoms with E-state index in [2.05, 4.69) is 5.32 Å². The molecular formula is C12H26N4O6. The molecule has 0 saturated heterocycles. The number of aliphatic hydroxyl groups is 4. The summed E-state index contributed by atoms with van der Waals surface area (Å²) in [5.74, 6) is -1.35. The van der Waals surface area contributed by atoms with E-state index in [-0.39, 0.29) is 25.5 Å². The second kappa shape index (κ2) is 11.2. The van der Waals surface area contributed by atoms with Crippen LogP contribution in [-0.4, -0.2) is 93.5 Å².